The van der Waals surface area contributed by atoms with Gasteiger partial charge in [-0.15, -0.1) is 0 Å². The highest BCUT2D eigenvalue weighted by atomic mass is 35.5. The first-order chi connectivity index (χ1) is 13.1. The van der Waals surface area contributed by atoms with E-state index in [-0.39, 0.29) is 32.2 Å². The van der Waals surface area contributed by atoms with E-state index in [0.717, 1.165) is 0 Å². The molecule has 0 aliphatic carbocycles. The van der Waals surface area contributed by atoms with Gasteiger partial charge in [-0.1, -0.05) is 11.6 Å². The lowest BCUT2D eigenvalue weighted by Gasteiger charge is -2.09. The van der Waals surface area contributed by atoms with Crippen molar-refractivity contribution >= 4 is 25.5 Å². The summed E-state index contributed by atoms with van der Waals surface area (Å²) in [5.41, 5.74) is 0. The number of nitrogens with one attached hydrogen (secondary N) is 2. The van der Waals surface area contributed by atoms with Crippen molar-refractivity contribution < 1.29 is 23.9 Å². The molecular formula is C18H22ClN2O5P. The van der Waals surface area contributed by atoms with Crippen LogP contribution in [0.5, 0.6) is 17.2 Å². The Hall–Kier alpha value is -2.05. The van der Waals surface area contributed by atoms with Gasteiger partial charge in [0.2, 0.25) is 0 Å². The molecule has 0 saturated carbocycles. The molecule has 2 aromatic rings. The SMILES string of the molecule is O=C(COc1ccc(Oc2ccc(Cl)cc2)cc1)NCC[PH](=O)NCCO. The highest BCUT2D eigenvalue weighted by molar-refractivity contribution is 7.42. The van der Waals surface area contributed by atoms with Gasteiger partial charge in [-0.2, -0.15) is 0 Å². The van der Waals surface area contributed by atoms with E-state index < -0.39 is 7.95 Å². The highest BCUT2D eigenvalue weighted by Gasteiger charge is 2.05. The van der Waals surface area contributed by atoms with Crippen LogP contribution in [0.1, 0.15) is 0 Å². The van der Waals surface area contributed by atoms with Crippen LogP contribution in [0.15, 0.2) is 48.5 Å². The van der Waals surface area contributed by atoms with Crippen molar-refractivity contribution in [2.75, 3.05) is 32.5 Å². The normalized spacial score (nSPS) is 11.6. The summed E-state index contributed by atoms with van der Waals surface area (Å²) in [6, 6.07) is 13.9. The zero-order valence-electron chi connectivity index (χ0n) is 14.6. The molecular weight excluding hydrogens is 391 g/mol. The van der Waals surface area contributed by atoms with E-state index in [4.69, 9.17) is 26.2 Å². The van der Waals surface area contributed by atoms with E-state index in [2.05, 4.69) is 10.4 Å². The number of carbonyl (C=O) groups is 1. The fourth-order valence-electron chi connectivity index (χ4n) is 2.04. The standard InChI is InChI=1S/C18H22ClN2O5P/c19-14-1-3-16(4-2-14)26-17-7-5-15(6-8-17)25-13-18(23)20-10-12-27(24)21-9-11-22/h1-8,22,27H,9-13H2,(H,20,23)(H,21,24). The fraction of sp³-hybridized carbons (Fsp3) is 0.278. The van der Waals surface area contributed by atoms with Crippen molar-refractivity contribution in [3.63, 3.8) is 0 Å². The van der Waals surface area contributed by atoms with E-state index >= 15 is 0 Å². The number of ether oxygens (including phenoxy) is 2. The summed E-state index contributed by atoms with van der Waals surface area (Å²) in [7, 11) is -1.98. The molecule has 0 aromatic heterocycles. The first-order valence-electron chi connectivity index (χ1n) is 8.37. The average Bonchev–Trinajstić information content (AvgIpc) is 2.67. The molecule has 3 N–H and O–H groups in total. The third kappa shape index (κ3) is 8.45. The molecule has 1 unspecified atom stereocenters. The van der Waals surface area contributed by atoms with Crippen molar-refractivity contribution in [1.29, 1.82) is 0 Å². The van der Waals surface area contributed by atoms with Gasteiger partial charge in [-0.25, -0.2) is 0 Å². The lowest BCUT2D eigenvalue weighted by molar-refractivity contribution is -0.122. The molecule has 0 bridgehead atoms. The number of amides is 1. The van der Waals surface area contributed by atoms with E-state index in [1.165, 1.54) is 0 Å². The number of aliphatic hydroxyl groups excluding tert-OH is 1. The maximum atomic E-state index is 11.7. The third-order valence-electron chi connectivity index (χ3n) is 3.35. The molecule has 0 radical (unpaired) electrons. The van der Waals surface area contributed by atoms with Crippen LogP contribution < -0.4 is 19.9 Å². The maximum Gasteiger partial charge on any atom is 0.257 e. The minimum Gasteiger partial charge on any atom is -0.484 e. The van der Waals surface area contributed by atoms with Crippen LogP contribution in [0.2, 0.25) is 5.02 Å². The number of hydrogen-bond acceptors (Lipinski definition) is 5. The molecule has 1 atom stereocenters. The van der Waals surface area contributed by atoms with E-state index in [1.54, 1.807) is 48.5 Å². The number of halogens is 1. The minimum absolute atomic E-state index is 0.0693. The summed E-state index contributed by atoms with van der Waals surface area (Å²) in [4.78, 5) is 11.7. The van der Waals surface area contributed by atoms with Crippen molar-refractivity contribution in [3.8, 4) is 17.2 Å². The molecule has 9 heteroatoms. The molecule has 0 heterocycles. The number of benzene rings is 2. The van der Waals surface area contributed by atoms with Gasteiger partial charge in [0.15, 0.2) is 6.61 Å². The Morgan fingerprint density at radius 3 is 2.22 bits per heavy atom. The van der Waals surface area contributed by atoms with E-state index in [1.807, 2.05) is 0 Å². The van der Waals surface area contributed by atoms with Crippen molar-refractivity contribution in [3.05, 3.63) is 53.6 Å². The molecule has 27 heavy (non-hydrogen) atoms. The predicted octanol–water partition coefficient (Wildman–Crippen LogP) is 2.68. The molecule has 2 aromatic carbocycles. The van der Waals surface area contributed by atoms with Crippen LogP contribution in [-0.4, -0.2) is 43.5 Å². The lowest BCUT2D eigenvalue weighted by Crippen LogP contribution is -2.31. The maximum absolute atomic E-state index is 11.7. The number of rotatable bonds is 11. The summed E-state index contributed by atoms with van der Waals surface area (Å²) >= 11 is 5.83. The van der Waals surface area contributed by atoms with Crippen LogP contribution in [-0.2, 0) is 9.36 Å². The van der Waals surface area contributed by atoms with Gasteiger partial charge < -0.3 is 24.5 Å². The fourth-order valence-corrected chi connectivity index (χ4v) is 3.09. The Morgan fingerprint density at radius 1 is 1.00 bits per heavy atom. The van der Waals surface area contributed by atoms with Gasteiger partial charge in [0.25, 0.3) is 5.91 Å². The Kier molecular flexibility index (Phi) is 9.15. The minimum atomic E-state index is -1.98. The molecule has 0 spiro atoms. The predicted molar refractivity (Wildman–Crippen MR) is 105 cm³/mol. The Balaban J connectivity index is 1.69. The number of hydrogen-bond donors (Lipinski definition) is 3. The number of carbonyl (C=O) groups excluding carboxylic acids is 1. The van der Waals surface area contributed by atoms with Crippen molar-refractivity contribution in [2.24, 2.45) is 0 Å². The van der Waals surface area contributed by atoms with Crippen LogP contribution in [0.3, 0.4) is 0 Å². The zero-order valence-corrected chi connectivity index (χ0v) is 16.4. The van der Waals surface area contributed by atoms with Gasteiger partial charge in [0.1, 0.15) is 25.2 Å². The number of aliphatic hydroxyl groups is 1. The summed E-state index contributed by atoms with van der Waals surface area (Å²) in [6.07, 6.45) is 0.327. The first-order valence-corrected chi connectivity index (χ1v) is 10.4. The van der Waals surface area contributed by atoms with E-state index in [0.29, 0.717) is 28.4 Å². The van der Waals surface area contributed by atoms with Crippen LogP contribution in [0.25, 0.3) is 0 Å². The first kappa shape index (κ1) is 21.3. The monoisotopic (exact) mass is 412 g/mol. The lowest BCUT2D eigenvalue weighted by atomic mass is 10.3. The van der Waals surface area contributed by atoms with Crippen molar-refractivity contribution in [2.45, 2.75) is 0 Å². The third-order valence-corrected chi connectivity index (χ3v) is 4.95. The van der Waals surface area contributed by atoms with Gasteiger partial charge in [0, 0.05) is 24.3 Å². The molecule has 0 aliphatic heterocycles. The molecule has 1 amide bonds. The van der Waals surface area contributed by atoms with E-state index in [9.17, 15) is 9.36 Å². The largest absolute Gasteiger partial charge is 0.484 e. The summed E-state index contributed by atoms with van der Waals surface area (Å²) in [5.74, 6) is 1.54. The summed E-state index contributed by atoms with van der Waals surface area (Å²) < 4.78 is 22.6. The second-order valence-electron chi connectivity index (χ2n) is 5.49. The Morgan fingerprint density at radius 2 is 1.59 bits per heavy atom. The molecule has 0 saturated heterocycles. The average molecular weight is 413 g/mol. The smallest absolute Gasteiger partial charge is 0.257 e. The molecule has 7 nitrogen and oxygen atoms in total. The molecule has 0 fully saturated rings. The summed E-state index contributed by atoms with van der Waals surface area (Å²) in [6.45, 7) is 0.362. The van der Waals surface area contributed by atoms with Crippen molar-refractivity contribution in [1.82, 2.24) is 10.4 Å². The topological polar surface area (TPSA) is 96.9 Å². The molecule has 146 valence electrons. The quantitative estimate of drug-likeness (QED) is 0.491. The van der Waals surface area contributed by atoms with Crippen LogP contribution in [0.4, 0.5) is 0 Å². The highest BCUT2D eigenvalue weighted by Crippen LogP contribution is 2.25. The second-order valence-corrected chi connectivity index (χ2v) is 7.63. The van der Waals surface area contributed by atoms with Crippen LogP contribution in [0, 0.1) is 0 Å². The zero-order chi connectivity index (χ0) is 19.5. The van der Waals surface area contributed by atoms with Gasteiger partial charge in [-0.3, -0.25) is 9.88 Å². The molecule has 2 rings (SSSR count). The molecule has 0 aliphatic rings. The Labute approximate surface area is 163 Å². The van der Waals surface area contributed by atoms with Crippen LogP contribution >= 0.6 is 19.6 Å². The van der Waals surface area contributed by atoms with Gasteiger partial charge >= 0.3 is 0 Å². The second kappa shape index (κ2) is 11.6. The van der Waals surface area contributed by atoms with Gasteiger partial charge in [-0.05, 0) is 48.5 Å². The van der Waals surface area contributed by atoms with Gasteiger partial charge in [0.05, 0.1) is 6.61 Å². The summed E-state index contributed by atoms with van der Waals surface area (Å²) in [5, 5.41) is 14.6. The Bertz CT molecular complexity index is 740.